The minimum absolute atomic E-state index is 0.0155. The van der Waals surface area contributed by atoms with Crippen molar-refractivity contribution >= 4 is 21.4 Å². The third-order valence-corrected chi connectivity index (χ3v) is 6.22. The first kappa shape index (κ1) is 20.4. The number of sulfone groups is 1. The van der Waals surface area contributed by atoms with E-state index in [1.807, 2.05) is 30.0 Å². The van der Waals surface area contributed by atoms with Crippen molar-refractivity contribution in [3.8, 4) is 16.9 Å². The number of benzene rings is 2. The van der Waals surface area contributed by atoms with E-state index in [1.54, 1.807) is 25.1 Å². The van der Waals surface area contributed by atoms with Gasteiger partial charge in [-0.15, -0.1) is 0 Å². The van der Waals surface area contributed by atoms with Gasteiger partial charge in [0.05, 0.1) is 17.2 Å². The molecule has 150 valence electrons. The molecular weight excluding hydrogens is 374 g/mol. The molecule has 0 radical (unpaired) electrons. The van der Waals surface area contributed by atoms with Gasteiger partial charge in [-0.05, 0) is 56.0 Å². The van der Waals surface area contributed by atoms with Gasteiger partial charge in [0.2, 0.25) is 5.91 Å². The first-order chi connectivity index (χ1) is 13.2. The molecule has 1 unspecified atom stereocenters. The Labute approximate surface area is 167 Å². The molecule has 28 heavy (non-hydrogen) atoms. The normalized spacial score (nSPS) is 16.6. The van der Waals surface area contributed by atoms with E-state index in [0.717, 1.165) is 47.4 Å². The van der Waals surface area contributed by atoms with Crippen molar-refractivity contribution in [1.29, 1.82) is 0 Å². The molecule has 2 aromatic rings. The number of hydrogen-bond donors (Lipinski definition) is 0. The molecule has 1 aliphatic heterocycles. The highest BCUT2D eigenvalue weighted by atomic mass is 32.2. The van der Waals surface area contributed by atoms with Crippen molar-refractivity contribution in [2.75, 3.05) is 17.8 Å². The summed E-state index contributed by atoms with van der Waals surface area (Å²) in [6.07, 6.45) is 3.75. The molecule has 1 amide bonds. The van der Waals surface area contributed by atoms with Crippen molar-refractivity contribution < 1.29 is 17.9 Å². The summed E-state index contributed by atoms with van der Waals surface area (Å²) in [6, 6.07) is 10.9. The number of nitrogens with zero attached hydrogens (tertiary/aromatic N) is 1. The van der Waals surface area contributed by atoms with Crippen LogP contribution in [0.15, 0.2) is 41.3 Å². The zero-order chi connectivity index (χ0) is 20.5. The molecule has 6 heteroatoms. The number of amides is 1. The summed E-state index contributed by atoms with van der Waals surface area (Å²) in [5, 5.41) is 0. The van der Waals surface area contributed by atoms with Gasteiger partial charge in [-0.3, -0.25) is 4.79 Å². The molecule has 5 nitrogen and oxygen atoms in total. The maximum Gasteiger partial charge on any atom is 0.224 e. The summed E-state index contributed by atoms with van der Waals surface area (Å²) in [7, 11) is -3.30. The van der Waals surface area contributed by atoms with Gasteiger partial charge in [-0.25, -0.2) is 8.42 Å². The molecule has 3 rings (SSSR count). The molecule has 0 spiro atoms. The fourth-order valence-electron chi connectivity index (χ4n) is 3.78. The van der Waals surface area contributed by atoms with Crippen LogP contribution in [0, 0.1) is 0 Å². The topological polar surface area (TPSA) is 63.7 Å². The van der Waals surface area contributed by atoms with Gasteiger partial charge in [0, 0.05) is 30.3 Å². The molecule has 0 fully saturated rings. The van der Waals surface area contributed by atoms with Crippen LogP contribution in [0.5, 0.6) is 5.75 Å². The average Bonchev–Trinajstić information content (AvgIpc) is 2.64. The number of carbonyl (C=O) groups excluding carboxylic acids is 1. The van der Waals surface area contributed by atoms with Gasteiger partial charge in [0.25, 0.3) is 0 Å². The lowest BCUT2D eigenvalue weighted by Crippen LogP contribution is -2.40. The Hall–Kier alpha value is -2.34. The molecule has 0 bridgehead atoms. The van der Waals surface area contributed by atoms with Gasteiger partial charge in [0.15, 0.2) is 9.84 Å². The van der Waals surface area contributed by atoms with E-state index in [0.29, 0.717) is 6.61 Å². The summed E-state index contributed by atoms with van der Waals surface area (Å²) < 4.78 is 30.1. The van der Waals surface area contributed by atoms with Crippen LogP contribution in [0.25, 0.3) is 11.1 Å². The monoisotopic (exact) mass is 401 g/mol. The first-order valence-electron chi connectivity index (χ1n) is 9.63. The van der Waals surface area contributed by atoms with Crippen LogP contribution < -0.4 is 9.64 Å². The van der Waals surface area contributed by atoms with Gasteiger partial charge < -0.3 is 9.64 Å². The fourth-order valence-corrected chi connectivity index (χ4v) is 4.44. The summed E-state index contributed by atoms with van der Waals surface area (Å²) in [5.74, 6) is 0.768. The summed E-state index contributed by atoms with van der Waals surface area (Å²) >= 11 is 0. The Morgan fingerprint density at radius 2 is 2.00 bits per heavy atom. The van der Waals surface area contributed by atoms with E-state index in [2.05, 4.69) is 6.92 Å². The summed E-state index contributed by atoms with van der Waals surface area (Å²) in [6.45, 7) is 6.25. The quantitative estimate of drug-likeness (QED) is 0.752. The molecule has 1 aliphatic rings. The van der Waals surface area contributed by atoms with E-state index in [-0.39, 0.29) is 16.8 Å². The van der Waals surface area contributed by atoms with Gasteiger partial charge in [-0.2, -0.15) is 0 Å². The minimum Gasteiger partial charge on any atom is -0.493 e. The summed E-state index contributed by atoms with van der Waals surface area (Å²) in [4.78, 5) is 14.3. The van der Waals surface area contributed by atoms with Crippen LogP contribution in [-0.4, -0.2) is 33.2 Å². The molecular formula is C22H27NO4S. The highest BCUT2D eigenvalue weighted by molar-refractivity contribution is 7.90. The Morgan fingerprint density at radius 1 is 1.25 bits per heavy atom. The molecule has 0 aliphatic carbocycles. The van der Waals surface area contributed by atoms with E-state index in [1.165, 1.54) is 6.26 Å². The third kappa shape index (κ3) is 3.92. The maximum atomic E-state index is 12.2. The Kier molecular flexibility index (Phi) is 5.79. The number of carbonyl (C=O) groups is 1. The number of fused-ring (bicyclic) bond motifs is 1. The van der Waals surface area contributed by atoms with Crippen LogP contribution >= 0.6 is 0 Å². The standard InChI is InChI=1S/C22H27NO4S/c1-5-13-27-22-19(17-7-6-8-18(14-17)28(4,25)26)11-12-21-20(22)10-9-15(2)23(21)16(3)24/h6-8,11-12,14-15H,5,9-10,13H2,1-4H3. The van der Waals surface area contributed by atoms with Crippen LogP contribution in [-0.2, 0) is 21.1 Å². The van der Waals surface area contributed by atoms with Crippen molar-refractivity contribution in [3.63, 3.8) is 0 Å². The number of ether oxygens (including phenoxy) is 1. The van der Waals surface area contributed by atoms with Crippen LogP contribution in [0.1, 0.15) is 39.2 Å². The van der Waals surface area contributed by atoms with Crippen LogP contribution in [0.3, 0.4) is 0 Å². The molecule has 1 heterocycles. The zero-order valence-corrected chi connectivity index (χ0v) is 17.7. The second kappa shape index (κ2) is 7.95. The zero-order valence-electron chi connectivity index (χ0n) is 16.9. The molecule has 2 aromatic carbocycles. The summed E-state index contributed by atoms with van der Waals surface area (Å²) in [5.41, 5.74) is 3.56. The van der Waals surface area contributed by atoms with Gasteiger partial charge in [-0.1, -0.05) is 19.1 Å². The van der Waals surface area contributed by atoms with Crippen LogP contribution in [0.4, 0.5) is 5.69 Å². The predicted octanol–water partition coefficient (Wildman–Crippen LogP) is 4.23. The van der Waals surface area contributed by atoms with E-state index in [9.17, 15) is 13.2 Å². The largest absolute Gasteiger partial charge is 0.493 e. The fraction of sp³-hybridized carbons (Fsp3) is 0.409. The predicted molar refractivity (Wildman–Crippen MR) is 112 cm³/mol. The first-order valence-corrected chi connectivity index (χ1v) is 11.5. The number of hydrogen-bond acceptors (Lipinski definition) is 4. The second-order valence-corrected chi connectivity index (χ2v) is 9.38. The molecule has 0 saturated heterocycles. The number of rotatable bonds is 5. The lowest BCUT2D eigenvalue weighted by Gasteiger charge is -2.36. The minimum atomic E-state index is -3.30. The third-order valence-electron chi connectivity index (χ3n) is 5.11. The lowest BCUT2D eigenvalue weighted by atomic mass is 9.91. The highest BCUT2D eigenvalue weighted by Gasteiger charge is 2.29. The lowest BCUT2D eigenvalue weighted by molar-refractivity contribution is -0.117. The van der Waals surface area contributed by atoms with Crippen molar-refractivity contribution in [1.82, 2.24) is 0 Å². The molecule has 0 N–H and O–H groups in total. The SMILES string of the molecule is CCCOc1c(-c2cccc(S(C)(=O)=O)c2)ccc2c1CCC(C)N2C(C)=O. The Bertz CT molecular complexity index is 998. The van der Waals surface area contributed by atoms with Crippen molar-refractivity contribution in [3.05, 3.63) is 42.0 Å². The van der Waals surface area contributed by atoms with Crippen molar-refractivity contribution in [2.24, 2.45) is 0 Å². The molecule has 1 atom stereocenters. The van der Waals surface area contributed by atoms with E-state index < -0.39 is 9.84 Å². The Morgan fingerprint density at radius 3 is 2.64 bits per heavy atom. The Balaban J connectivity index is 2.19. The molecule has 0 aromatic heterocycles. The smallest absolute Gasteiger partial charge is 0.224 e. The van der Waals surface area contributed by atoms with Crippen LogP contribution in [0.2, 0.25) is 0 Å². The maximum absolute atomic E-state index is 12.2. The second-order valence-electron chi connectivity index (χ2n) is 7.37. The van der Waals surface area contributed by atoms with Gasteiger partial charge >= 0.3 is 0 Å². The van der Waals surface area contributed by atoms with Gasteiger partial charge in [0.1, 0.15) is 5.75 Å². The van der Waals surface area contributed by atoms with Crippen molar-refractivity contribution in [2.45, 2.75) is 51.0 Å². The van der Waals surface area contributed by atoms with E-state index in [4.69, 9.17) is 4.74 Å². The van der Waals surface area contributed by atoms with E-state index >= 15 is 0 Å². The molecule has 0 saturated carbocycles. The average molecular weight is 402 g/mol. The highest BCUT2D eigenvalue weighted by Crippen LogP contribution is 2.43. The number of anilines is 1.